The Kier molecular flexibility index (Phi) is 6.09. The molecule has 37 heavy (non-hydrogen) atoms. The van der Waals surface area contributed by atoms with Crippen molar-refractivity contribution in [1.82, 2.24) is 5.32 Å². The van der Waals surface area contributed by atoms with Gasteiger partial charge in [0.2, 0.25) is 5.91 Å². The fraction of sp³-hybridized carbons (Fsp3) is 0.138. The number of halogens is 1. The van der Waals surface area contributed by atoms with Crippen LogP contribution in [0.4, 0.5) is 4.39 Å². The topological polar surface area (TPSA) is 110 Å². The summed E-state index contributed by atoms with van der Waals surface area (Å²) in [6, 6.07) is 14.9. The van der Waals surface area contributed by atoms with E-state index >= 15 is 0 Å². The molecular formula is C29H22FNO6. The number of carbonyl (C=O) groups is 2. The zero-order chi connectivity index (χ0) is 26.3. The quantitative estimate of drug-likeness (QED) is 0.301. The molecule has 1 unspecified atom stereocenters. The molecule has 0 fully saturated rings. The summed E-state index contributed by atoms with van der Waals surface area (Å²) in [6.07, 6.45) is 1.22. The molecule has 8 heteroatoms. The highest BCUT2D eigenvalue weighted by atomic mass is 19.1. The maximum absolute atomic E-state index is 13.4. The first-order valence-corrected chi connectivity index (χ1v) is 11.5. The maximum Gasteiger partial charge on any atom is 0.340 e. The lowest BCUT2D eigenvalue weighted by atomic mass is 9.97. The summed E-state index contributed by atoms with van der Waals surface area (Å²) in [5, 5.41) is 13.5. The average molecular weight is 499 g/mol. The van der Waals surface area contributed by atoms with E-state index in [1.54, 1.807) is 62.6 Å². The summed E-state index contributed by atoms with van der Waals surface area (Å²) >= 11 is 0. The number of amides is 1. The van der Waals surface area contributed by atoms with Gasteiger partial charge in [-0.3, -0.25) is 4.79 Å². The molecule has 5 rings (SSSR count). The van der Waals surface area contributed by atoms with Crippen molar-refractivity contribution >= 4 is 33.8 Å². The van der Waals surface area contributed by atoms with Crippen LogP contribution in [0, 0.1) is 19.7 Å². The number of fused-ring (bicyclic) bond motifs is 2. The van der Waals surface area contributed by atoms with E-state index in [-0.39, 0.29) is 17.8 Å². The van der Waals surface area contributed by atoms with Gasteiger partial charge in [-0.25, -0.2) is 14.0 Å². The summed E-state index contributed by atoms with van der Waals surface area (Å²) in [5.41, 5.74) is 3.41. The summed E-state index contributed by atoms with van der Waals surface area (Å²) in [7, 11) is 0. The van der Waals surface area contributed by atoms with Gasteiger partial charge in [-0.2, -0.15) is 0 Å². The average Bonchev–Trinajstić information content (AvgIpc) is 3.31. The molecule has 0 aliphatic carbocycles. The molecule has 0 aliphatic rings. The lowest BCUT2D eigenvalue weighted by molar-refractivity contribution is -0.142. The van der Waals surface area contributed by atoms with Gasteiger partial charge in [0.05, 0.1) is 18.2 Å². The molecular weight excluding hydrogens is 477 g/mol. The van der Waals surface area contributed by atoms with Crippen LogP contribution in [0.15, 0.2) is 80.6 Å². The van der Waals surface area contributed by atoms with Crippen molar-refractivity contribution in [3.63, 3.8) is 0 Å². The van der Waals surface area contributed by atoms with E-state index in [0.717, 1.165) is 16.5 Å². The molecule has 2 N–H and O–H groups in total. The molecule has 7 nitrogen and oxygen atoms in total. The lowest BCUT2D eigenvalue weighted by Gasteiger charge is -2.15. The van der Waals surface area contributed by atoms with Gasteiger partial charge < -0.3 is 19.3 Å². The molecule has 5 aromatic rings. The van der Waals surface area contributed by atoms with Gasteiger partial charge in [0.15, 0.2) is 6.04 Å². The first-order valence-electron chi connectivity index (χ1n) is 11.5. The van der Waals surface area contributed by atoms with Crippen molar-refractivity contribution < 1.29 is 27.9 Å². The largest absolute Gasteiger partial charge is 0.479 e. The Morgan fingerprint density at radius 1 is 0.973 bits per heavy atom. The van der Waals surface area contributed by atoms with Gasteiger partial charge in [-0.15, -0.1) is 0 Å². The highest BCUT2D eigenvalue weighted by Crippen LogP contribution is 2.37. The van der Waals surface area contributed by atoms with Crippen LogP contribution < -0.4 is 10.9 Å². The molecule has 0 saturated heterocycles. The number of carboxylic acids is 1. The van der Waals surface area contributed by atoms with Crippen molar-refractivity contribution in [1.29, 1.82) is 0 Å². The Morgan fingerprint density at radius 3 is 2.35 bits per heavy atom. The fourth-order valence-corrected chi connectivity index (χ4v) is 4.56. The fourth-order valence-electron chi connectivity index (χ4n) is 4.56. The number of rotatable bonds is 6. The van der Waals surface area contributed by atoms with Gasteiger partial charge >= 0.3 is 11.6 Å². The minimum atomic E-state index is -1.26. The van der Waals surface area contributed by atoms with E-state index in [1.165, 1.54) is 12.1 Å². The first kappa shape index (κ1) is 24.0. The summed E-state index contributed by atoms with van der Waals surface area (Å²) in [4.78, 5) is 37.5. The zero-order valence-corrected chi connectivity index (χ0v) is 20.0. The van der Waals surface area contributed by atoms with E-state index in [9.17, 15) is 23.9 Å². The van der Waals surface area contributed by atoms with Crippen molar-refractivity contribution in [2.24, 2.45) is 0 Å². The number of benzene rings is 3. The molecule has 3 aromatic carbocycles. The second-order valence-electron chi connectivity index (χ2n) is 8.83. The minimum absolute atomic E-state index is 0.132. The number of aryl methyl sites for hydroxylation is 2. The van der Waals surface area contributed by atoms with Crippen LogP contribution >= 0.6 is 0 Å². The van der Waals surface area contributed by atoms with Crippen LogP contribution in [0.25, 0.3) is 33.1 Å². The Labute approximate surface area is 210 Å². The zero-order valence-electron chi connectivity index (χ0n) is 20.0. The van der Waals surface area contributed by atoms with Gasteiger partial charge in [0.1, 0.15) is 17.0 Å². The smallest absolute Gasteiger partial charge is 0.340 e. The maximum atomic E-state index is 13.4. The van der Waals surface area contributed by atoms with E-state index < -0.39 is 23.5 Å². The third-order valence-electron chi connectivity index (χ3n) is 6.52. The predicted octanol–water partition coefficient (Wildman–Crippen LogP) is 5.45. The Hall–Kier alpha value is -4.72. The van der Waals surface area contributed by atoms with E-state index in [1.807, 2.05) is 6.07 Å². The Morgan fingerprint density at radius 2 is 1.68 bits per heavy atom. The van der Waals surface area contributed by atoms with Gasteiger partial charge in [0.25, 0.3) is 0 Å². The SMILES string of the molecule is Cc1c(CC(=O)NC(C(=O)O)c2ccccc2)c(=O)oc2c(C)c3occ(-c4ccc(F)cc4)c3cc12. The Balaban J connectivity index is 1.55. The van der Waals surface area contributed by atoms with E-state index in [4.69, 9.17) is 8.83 Å². The third-order valence-corrected chi connectivity index (χ3v) is 6.52. The molecule has 0 bridgehead atoms. The van der Waals surface area contributed by atoms with Gasteiger partial charge in [-0.1, -0.05) is 42.5 Å². The molecule has 186 valence electrons. The molecule has 0 spiro atoms. The standard InChI is InChI=1S/C29H22FNO6/c1-15-20-12-22-23(17-8-10-19(30)11-9-17)14-36-26(22)16(2)27(20)37-29(35)21(15)13-24(32)31-25(28(33)34)18-6-4-3-5-7-18/h3-12,14,25H,13H2,1-2H3,(H,31,32)(H,33,34). The van der Waals surface area contributed by atoms with Gasteiger partial charge in [0, 0.05) is 21.9 Å². The lowest BCUT2D eigenvalue weighted by Crippen LogP contribution is -2.35. The van der Waals surface area contributed by atoms with E-state index in [2.05, 4.69) is 5.32 Å². The molecule has 1 atom stereocenters. The number of carboxylic acid groups (broad SMARTS) is 1. The van der Waals surface area contributed by atoms with Crippen molar-refractivity contribution in [3.05, 3.63) is 105 Å². The molecule has 2 heterocycles. The number of furan rings is 1. The number of hydrogen-bond acceptors (Lipinski definition) is 5. The molecule has 0 radical (unpaired) electrons. The van der Waals surface area contributed by atoms with Crippen LogP contribution in [0.1, 0.15) is 28.3 Å². The number of aliphatic carboxylic acids is 1. The van der Waals surface area contributed by atoms with E-state index in [0.29, 0.717) is 33.2 Å². The number of hydrogen-bond donors (Lipinski definition) is 2. The van der Waals surface area contributed by atoms with Gasteiger partial charge in [-0.05, 0) is 48.7 Å². The number of carbonyl (C=O) groups excluding carboxylic acids is 1. The van der Waals surface area contributed by atoms with Crippen LogP contribution in [0.5, 0.6) is 0 Å². The normalized spacial score (nSPS) is 12.1. The second kappa shape index (κ2) is 9.39. The highest BCUT2D eigenvalue weighted by Gasteiger charge is 2.24. The monoisotopic (exact) mass is 499 g/mol. The van der Waals surface area contributed by atoms with Crippen molar-refractivity contribution in [2.75, 3.05) is 0 Å². The first-order chi connectivity index (χ1) is 17.7. The number of nitrogens with one attached hydrogen (secondary N) is 1. The minimum Gasteiger partial charge on any atom is -0.479 e. The molecule has 0 aliphatic heterocycles. The highest BCUT2D eigenvalue weighted by molar-refractivity contribution is 6.05. The predicted molar refractivity (Wildman–Crippen MR) is 136 cm³/mol. The van der Waals surface area contributed by atoms with Crippen molar-refractivity contribution in [3.8, 4) is 11.1 Å². The molecule has 2 aromatic heterocycles. The summed E-state index contributed by atoms with van der Waals surface area (Å²) < 4.78 is 24.8. The Bertz CT molecular complexity index is 1720. The van der Waals surface area contributed by atoms with Crippen LogP contribution in [0.3, 0.4) is 0 Å². The second-order valence-corrected chi connectivity index (χ2v) is 8.83. The molecule has 0 saturated carbocycles. The molecule has 1 amide bonds. The van der Waals surface area contributed by atoms with Crippen LogP contribution in [-0.4, -0.2) is 17.0 Å². The van der Waals surface area contributed by atoms with Crippen molar-refractivity contribution in [2.45, 2.75) is 26.3 Å². The third kappa shape index (κ3) is 4.38. The van der Waals surface area contributed by atoms with Crippen LogP contribution in [0.2, 0.25) is 0 Å². The summed E-state index contributed by atoms with van der Waals surface area (Å²) in [5.74, 6) is -2.19. The summed E-state index contributed by atoms with van der Waals surface area (Å²) in [6.45, 7) is 3.49. The van der Waals surface area contributed by atoms with Crippen LogP contribution in [-0.2, 0) is 16.0 Å².